The topological polar surface area (TPSA) is 47.0 Å². The van der Waals surface area contributed by atoms with E-state index in [0.717, 1.165) is 24.6 Å². The van der Waals surface area contributed by atoms with Crippen molar-refractivity contribution in [2.24, 2.45) is 5.92 Å². The molecule has 0 bridgehead atoms. The summed E-state index contributed by atoms with van der Waals surface area (Å²) in [5.74, 6) is 3.73. The molecule has 112 valence electrons. The van der Waals surface area contributed by atoms with Crippen molar-refractivity contribution < 1.29 is 4.74 Å². The minimum Gasteiger partial charge on any atom is -0.481 e. The van der Waals surface area contributed by atoms with Gasteiger partial charge in [-0.25, -0.2) is 4.98 Å². The molecule has 1 fully saturated rings. The molecule has 0 amide bonds. The van der Waals surface area contributed by atoms with Gasteiger partial charge < -0.3 is 10.1 Å². The van der Waals surface area contributed by atoms with Gasteiger partial charge in [-0.2, -0.15) is 4.98 Å². The van der Waals surface area contributed by atoms with Crippen molar-refractivity contribution in [3.8, 4) is 5.88 Å². The fourth-order valence-corrected chi connectivity index (χ4v) is 2.67. The Morgan fingerprint density at radius 3 is 2.65 bits per heavy atom. The van der Waals surface area contributed by atoms with Crippen molar-refractivity contribution in [2.45, 2.75) is 58.3 Å². The van der Waals surface area contributed by atoms with Gasteiger partial charge in [-0.3, -0.25) is 0 Å². The van der Waals surface area contributed by atoms with E-state index >= 15 is 0 Å². The predicted molar refractivity (Wildman–Crippen MR) is 82.4 cm³/mol. The molecule has 0 saturated heterocycles. The first-order valence-electron chi connectivity index (χ1n) is 7.86. The van der Waals surface area contributed by atoms with Crippen LogP contribution in [-0.4, -0.2) is 23.6 Å². The molecular formula is C16H27N3O. The fraction of sp³-hybridized carbons (Fsp3) is 0.750. The summed E-state index contributed by atoms with van der Waals surface area (Å²) in [5.41, 5.74) is 0. The second kappa shape index (κ2) is 7.46. The van der Waals surface area contributed by atoms with Crippen molar-refractivity contribution in [1.82, 2.24) is 9.97 Å². The van der Waals surface area contributed by atoms with Crippen molar-refractivity contribution in [3.63, 3.8) is 0 Å². The Labute approximate surface area is 122 Å². The molecule has 4 heteroatoms. The first-order chi connectivity index (χ1) is 9.69. The van der Waals surface area contributed by atoms with Crippen molar-refractivity contribution >= 4 is 5.82 Å². The standard InChI is InChI=1S/C16H27N3O/c1-12(2)9-10-17-14-11-15(20-3)19-16(18-14)13-7-5-4-6-8-13/h11-13H,4-10H2,1-3H3,(H,17,18,19). The molecule has 0 unspecified atom stereocenters. The highest BCUT2D eigenvalue weighted by molar-refractivity contribution is 5.38. The van der Waals surface area contributed by atoms with E-state index in [9.17, 15) is 0 Å². The lowest BCUT2D eigenvalue weighted by molar-refractivity contribution is 0.383. The Morgan fingerprint density at radius 2 is 2.00 bits per heavy atom. The third kappa shape index (κ3) is 4.36. The zero-order valence-electron chi connectivity index (χ0n) is 13.0. The third-order valence-electron chi connectivity index (χ3n) is 3.93. The van der Waals surface area contributed by atoms with E-state index in [0.29, 0.717) is 17.7 Å². The lowest BCUT2D eigenvalue weighted by Gasteiger charge is -2.21. The van der Waals surface area contributed by atoms with Gasteiger partial charge in [0.15, 0.2) is 0 Å². The molecule has 0 atom stereocenters. The monoisotopic (exact) mass is 277 g/mol. The van der Waals surface area contributed by atoms with E-state index < -0.39 is 0 Å². The number of anilines is 1. The van der Waals surface area contributed by atoms with E-state index in [1.165, 1.54) is 32.1 Å². The molecule has 0 aliphatic heterocycles. The summed E-state index contributed by atoms with van der Waals surface area (Å²) in [6.07, 6.45) is 7.49. The molecule has 1 aliphatic carbocycles. The maximum Gasteiger partial charge on any atom is 0.218 e. The van der Waals surface area contributed by atoms with E-state index in [1.54, 1.807) is 7.11 Å². The lowest BCUT2D eigenvalue weighted by atomic mass is 9.89. The number of nitrogens with one attached hydrogen (secondary N) is 1. The van der Waals surface area contributed by atoms with Crippen molar-refractivity contribution in [3.05, 3.63) is 11.9 Å². The molecule has 1 aliphatic rings. The number of rotatable bonds is 6. The van der Waals surface area contributed by atoms with E-state index in [1.807, 2.05) is 6.07 Å². The van der Waals surface area contributed by atoms with Crippen LogP contribution in [0.3, 0.4) is 0 Å². The maximum atomic E-state index is 5.32. The van der Waals surface area contributed by atoms with Gasteiger partial charge in [0.05, 0.1) is 7.11 Å². The number of ether oxygens (including phenoxy) is 1. The minimum atomic E-state index is 0.504. The SMILES string of the molecule is COc1cc(NCCC(C)C)nc(C2CCCCC2)n1. The lowest BCUT2D eigenvalue weighted by Crippen LogP contribution is -2.12. The van der Waals surface area contributed by atoms with Crippen LogP contribution in [0.15, 0.2) is 6.07 Å². The summed E-state index contributed by atoms with van der Waals surface area (Å²) < 4.78 is 5.32. The van der Waals surface area contributed by atoms with Crippen LogP contribution in [0.2, 0.25) is 0 Å². The quantitative estimate of drug-likeness (QED) is 0.854. The molecule has 1 N–H and O–H groups in total. The highest BCUT2D eigenvalue weighted by Gasteiger charge is 2.19. The van der Waals surface area contributed by atoms with Gasteiger partial charge >= 0.3 is 0 Å². The average molecular weight is 277 g/mol. The number of hydrogen-bond acceptors (Lipinski definition) is 4. The van der Waals surface area contributed by atoms with Crippen LogP contribution < -0.4 is 10.1 Å². The summed E-state index contributed by atoms with van der Waals surface area (Å²) in [4.78, 5) is 9.25. The number of hydrogen-bond donors (Lipinski definition) is 1. The van der Waals surface area contributed by atoms with Crippen LogP contribution in [0.4, 0.5) is 5.82 Å². The van der Waals surface area contributed by atoms with Crippen LogP contribution in [0.25, 0.3) is 0 Å². The van der Waals surface area contributed by atoms with Gasteiger partial charge in [-0.15, -0.1) is 0 Å². The van der Waals surface area contributed by atoms with Gasteiger partial charge in [0.1, 0.15) is 11.6 Å². The van der Waals surface area contributed by atoms with Gasteiger partial charge in [0.25, 0.3) is 0 Å². The predicted octanol–water partition coefficient (Wildman–Crippen LogP) is 3.99. The van der Waals surface area contributed by atoms with Gasteiger partial charge in [0, 0.05) is 18.5 Å². The highest BCUT2D eigenvalue weighted by Crippen LogP contribution is 2.32. The molecule has 2 rings (SSSR count). The fourth-order valence-electron chi connectivity index (χ4n) is 2.67. The summed E-state index contributed by atoms with van der Waals surface area (Å²) >= 11 is 0. The first-order valence-corrected chi connectivity index (χ1v) is 7.86. The molecule has 0 spiro atoms. The largest absolute Gasteiger partial charge is 0.481 e. The second-order valence-electron chi connectivity index (χ2n) is 6.10. The molecule has 0 aromatic carbocycles. The summed E-state index contributed by atoms with van der Waals surface area (Å²) in [5, 5.41) is 3.40. The molecule has 1 aromatic heterocycles. The highest BCUT2D eigenvalue weighted by atomic mass is 16.5. The van der Waals surface area contributed by atoms with E-state index in [2.05, 4.69) is 24.1 Å². The second-order valence-corrected chi connectivity index (χ2v) is 6.10. The van der Waals surface area contributed by atoms with E-state index in [4.69, 9.17) is 9.72 Å². The van der Waals surface area contributed by atoms with Gasteiger partial charge in [0.2, 0.25) is 5.88 Å². The molecular weight excluding hydrogens is 250 g/mol. The first kappa shape index (κ1) is 15.1. The Hall–Kier alpha value is -1.32. The zero-order chi connectivity index (χ0) is 14.4. The zero-order valence-corrected chi connectivity index (χ0v) is 13.0. The van der Waals surface area contributed by atoms with Crippen molar-refractivity contribution in [2.75, 3.05) is 19.0 Å². The molecule has 1 saturated carbocycles. The van der Waals surface area contributed by atoms with Crippen LogP contribution in [0.5, 0.6) is 5.88 Å². The molecule has 4 nitrogen and oxygen atoms in total. The Balaban J connectivity index is 2.06. The normalized spacial score (nSPS) is 16.4. The smallest absolute Gasteiger partial charge is 0.218 e. The van der Waals surface area contributed by atoms with Crippen molar-refractivity contribution in [1.29, 1.82) is 0 Å². The van der Waals surface area contributed by atoms with Crippen LogP contribution in [0, 0.1) is 5.92 Å². The van der Waals surface area contributed by atoms with Crippen LogP contribution >= 0.6 is 0 Å². The number of nitrogens with zero attached hydrogens (tertiary/aromatic N) is 2. The number of methoxy groups -OCH3 is 1. The molecule has 0 radical (unpaired) electrons. The molecule has 20 heavy (non-hydrogen) atoms. The third-order valence-corrected chi connectivity index (χ3v) is 3.93. The van der Waals surface area contributed by atoms with E-state index in [-0.39, 0.29) is 0 Å². The Bertz CT molecular complexity index is 414. The van der Waals surface area contributed by atoms with Crippen LogP contribution in [-0.2, 0) is 0 Å². The average Bonchev–Trinajstić information content (AvgIpc) is 2.47. The summed E-state index contributed by atoms with van der Waals surface area (Å²) in [6.45, 7) is 5.41. The molecule has 1 aromatic rings. The molecule has 1 heterocycles. The summed E-state index contributed by atoms with van der Waals surface area (Å²) in [6, 6.07) is 1.90. The van der Waals surface area contributed by atoms with Gasteiger partial charge in [-0.1, -0.05) is 33.1 Å². The van der Waals surface area contributed by atoms with Crippen LogP contribution in [0.1, 0.15) is 64.1 Å². The minimum absolute atomic E-state index is 0.504. The maximum absolute atomic E-state index is 5.32. The Kier molecular flexibility index (Phi) is 5.62. The summed E-state index contributed by atoms with van der Waals surface area (Å²) in [7, 11) is 1.67. The number of aromatic nitrogens is 2. The van der Waals surface area contributed by atoms with Gasteiger partial charge in [-0.05, 0) is 25.2 Å². The Morgan fingerprint density at radius 1 is 1.25 bits per heavy atom.